The monoisotopic (exact) mass is 122 g/mol. The topological polar surface area (TPSA) is 65.8 Å². The number of hydrogen-bond donors (Lipinski definition) is 1. The molecule has 7 heavy (non-hydrogen) atoms. The summed E-state index contributed by atoms with van der Waals surface area (Å²) >= 11 is 0. The first-order valence-electron chi connectivity index (χ1n) is 0.928. The average Bonchev–Trinajstić information content (AvgIpc) is 0.811. The molecule has 0 aliphatic carbocycles. The molecule has 0 rings (SSSR count). The summed E-state index contributed by atoms with van der Waals surface area (Å²) in [5.41, 5.74) is 0. The molecule has 32 valence electrons. The molecule has 0 saturated heterocycles. The Morgan fingerprint density at radius 2 is 1.43 bits per heavy atom. The molecule has 0 fully saturated rings. The fourth-order valence-electron chi connectivity index (χ4n) is 0. The Morgan fingerprint density at radius 1 is 1.43 bits per heavy atom. The van der Waals surface area contributed by atoms with E-state index in [1.807, 2.05) is 0 Å². The molecular formula is C2H4Na2O3. The maximum atomic E-state index is 9.00. The van der Waals surface area contributed by atoms with Crippen LogP contribution in [0.3, 0.4) is 0 Å². The maximum Gasteiger partial charge on any atom is 1.00 e. The van der Waals surface area contributed by atoms with Gasteiger partial charge in [0.15, 0.2) is 0 Å². The number of rotatable bonds is 0. The third-order valence-electron chi connectivity index (χ3n) is 0. The minimum absolute atomic E-state index is 0. The molecule has 0 atom stereocenters. The molecule has 1 N–H and O–H groups in total. The molecule has 0 amide bonds. The van der Waals surface area contributed by atoms with E-state index in [1.165, 1.54) is 0 Å². The summed E-state index contributed by atoms with van der Waals surface area (Å²) in [5.74, 6) is -0.833. The van der Waals surface area contributed by atoms with Crippen LogP contribution in [0.2, 0.25) is 0 Å². The van der Waals surface area contributed by atoms with Gasteiger partial charge in [0.2, 0.25) is 0 Å². The van der Waals surface area contributed by atoms with Crippen molar-refractivity contribution in [3.63, 3.8) is 0 Å². The van der Waals surface area contributed by atoms with E-state index in [-0.39, 0.29) is 64.6 Å². The van der Waals surface area contributed by atoms with E-state index in [2.05, 4.69) is 0 Å². The van der Waals surface area contributed by atoms with Crippen molar-refractivity contribution in [1.82, 2.24) is 0 Å². The fourth-order valence-corrected chi connectivity index (χ4v) is 0. The molecule has 0 aromatic rings. The van der Waals surface area contributed by atoms with Crippen molar-refractivity contribution in [1.29, 1.82) is 0 Å². The summed E-state index contributed by atoms with van der Waals surface area (Å²) in [6, 6.07) is 0. The Balaban J connectivity index is -0.0000000150. The van der Waals surface area contributed by atoms with Crippen LogP contribution < -0.4 is 59.1 Å². The van der Waals surface area contributed by atoms with Crippen LogP contribution in [0.1, 0.15) is 6.92 Å². The fraction of sp³-hybridized carbons (Fsp3) is 0.500. The molecule has 0 saturated carbocycles. The summed E-state index contributed by atoms with van der Waals surface area (Å²) in [6.07, 6.45) is 0. The van der Waals surface area contributed by atoms with Gasteiger partial charge < -0.3 is 10.6 Å². The second-order valence-corrected chi connectivity index (χ2v) is 0.519. The largest absolute Gasteiger partial charge is 2.00 e. The first kappa shape index (κ1) is 23.7. The second kappa shape index (κ2) is 15.7. The van der Waals surface area contributed by atoms with Crippen molar-refractivity contribution in [2.45, 2.75) is 6.92 Å². The summed E-state index contributed by atoms with van der Waals surface area (Å²) in [6.45, 7) is 1.08. The van der Waals surface area contributed by atoms with Gasteiger partial charge >= 0.3 is 59.1 Å². The second-order valence-electron chi connectivity index (χ2n) is 0.519. The molecule has 5 heteroatoms. The van der Waals surface area contributed by atoms with E-state index in [9.17, 15) is 0 Å². The first-order chi connectivity index (χ1) is 1.73. The summed E-state index contributed by atoms with van der Waals surface area (Å²) < 4.78 is 0. The van der Waals surface area contributed by atoms with Crippen LogP contribution in [-0.2, 0) is 10.3 Å². The number of carbonyl (C=O) groups is 1. The quantitative estimate of drug-likeness (QED) is 0.325. The number of hydrogen-bond acceptors (Lipinski definition) is 1. The van der Waals surface area contributed by atoms with Crippen LogP contribution in [0.15, 0.2) is 0 Å². The molecule has 0 heterocycles. The zero-order valence-electron chi connectivity index (χ0n) is 4.76. The maximum absolute atomic E-state index is 9.00. The predicted octanol–water partition coefficient (Wildman–Crippen LogP) is -6.02. The zero-order valence-corrected chi connectivity index (χ0v) is 8.76. The van der Waals surface area contributed by atoms with E-state index in [4.69, 9.17) is 9.90 Å². The predicted molar refractivity (Wildman–Crippen MR) is 14.0 cm³/mol. The minimum atomic E-state index is -0.833. The van der Waals surface area contributed by atoms with Crippen molar-refractivity contribution in [3.05, 3.63) is 0 Å². The Hall–Kier alpha value is 1.43. The van der Waals surface area contributed by atoms with Crippen molar-refractivity contribution in [2.24, 2.45) is 0 Å². The molecule has 0 spiro atoms. The summed E-state index contributed by atoms with van der Waals surface area (Å²) in [4.78, 5) is 9.00. The molecule has 0 aliphatic rings. The van der Waals surface area contributed by atoms with Crippen LogP contribution in [0.4, 0.5) is 0 Å². The molecule has 0 aromatic carbocycles. The van der Waals surface area contributed by atoms with Gasteiger partial charge in [0.05, 0.1) is 0 Å². The van der Waals surface area contributed by atoms with Crippen molar-refractivity contribution < 1.29 is 74.5 Å². The van der Waals surface area contributed by atoms with Gasteiger partial charge in [-0.15, -0.1) is 0 Å². The Labute approximate surface area is 86.4 Å². The van der Waals surface area contributed by atoms with Gasteiger partial charge in [0.25, 0.3) is 5.97 Å². The van der Waals surface area contributed by atoms with Gasteiger partial charge in [-0.25, -0.2) is 0 Å². The molecule has 0 aromatic heterocycles. The third kappa shape index (κ3) is 107. The smallest absolute Gasteiger partial charge is 1.00 e. The molecule has 0 radical (unpaired) electrons. The normalized spacial score (nSPS) is 3.57. The van der Waals surface area contributed by atoms with E-state index in [1.54, 1.807) is 0 Å². The minimum Gasteiger partial charge on any atom is -2.00 e. The van der Waals surface area contributed by atoms with Crippen LogP contribution in [0, 0.1) is 0 Å². The van der Waals surface area contributed by atoms with Crippen LogP contribution >= 0.6 is 0 Å². The molecule has 3 nitrogen and oxygen atoms in total. The summed E-state index contributed by atoms with van der Waals surface area (Å²) in [5, 5.41) is 7.42. The Kier molecular flexibility index (Phi) is 53.0. The van der Waals surface area contributed by atoms with Gasteiger partial charge in [-0.3, -0.25) is 4.79 Å². The van der Waals surface area contributed by atoms with E-state index >= 15 is 0 Å². The van der Waals surface area contributed by atoms with Gasteiger partial charge in [-0.1, -0.05) is 0 Å². The SMILES string of the molecule is CC(=O)O.[Na+].[Na+].[O-2]. The van der Waals surface area contributed by atoms with E-state index in [0.29, 0.717) is 0 Å². The standard InChI is InChI=1S/C2H4O2.2Na.O/c1-2(3)4;;;/h1H3,(H,3,4);;;/q;2*+1;-2. The van der Waals surface area contributed by atoms with Crippen LogP contribution in [0.25, 0.3) is 0 Å². The van der Waals surface area contributed by atoms with Gasteiger partial charge in [-0.05, 0) is 0 Å². The average molecular weight is 122 g/mol. The van der Waals surface area contributed by atoms with Crippen molar-refractivity contribution in [3.8, 4) is 0 Å². The molecule has 0 aliphatic heterocycles. The van der Waals surface area contributed by atoms with Gasteiger partial charge in [0, 0.05) is 6.92 Å². The number of carboxylic acids is 1. The van der Waals surface area contributed by atoms with E-state index in [0.717, 1.165) is 6.92 Å². The molecule has 0 bridgehead atoms. The van der Waals surface area contributed by atoms with Crippen LogP contribution in [0.5, 0.6) is 0 Å². The van der Waals surface area contributed by atoms with Gasteiger partial charge in [-0.2, -0.15) is 0 Å². The Morgan fingerprint density at radius 3 is 1.43 bits per heavy atom. The summed E-state index contributed by atoms with van der Waals surface area (Å²) in [7, 11) is 0. The van der Waals surface area contributed by atoms with Crippen LogP contribution in [-0.4, -0.2) is 11.1 Å². The Bertz CT molecular complexity index is 33.9. The molecular weight excluding hydrogens is 118 g/mol. The van der Waals surface area contributed by atoms with Gasteiger partial charge in [0.1, 0.15) is 0 Å². The first-order valence-corrected chi connectivity index (χ1v) is 0.928. The van der Waals surface area contributed by atoms with E-state index < -0.39 is 5.97 Å². The number of carboxylic acid groups (broad SMARTS) is 1. The molecule has 0 unspecified atom stereocenters. The van der Waals surface area contributed by atoms with Crippen molar-refractivity contribution >= 4 is 5.97 Å². The van der Waals surface area contributed by atoms with Crippen molar-refractivity contribution in [2.75, 3.05) is 0 Å². The third-order valence-corrected chi connectivity index (χ3v) is 0. The zero-order chi connectivity index (χ0) is 3.58. The number of aliphatic carboxylic acids is 1.